The topological polar surface area (TPSA) is 38.7 Å². The van der Waals surface area contributed by atoms with Gasteiger partial charge in [-0.25, -0.2) is 0 Å². The van der Waals surface area contributed by atoms with Gasteiger partial charge in [-0.2, -0.15) is 0 Å². The van der Waals surface area contributed by atoms with E-state index >= 15 is 0 Å². The first kappa shape index (κ1) is 10.7. The zero-order chi connectivity index (χ0) is 10.1. The summed E-state index contributed by atoms with van der Waals surface area (Å²) in [5.41, 5.74) is 0. The summed E-state index contributed by atoms with van der Waals surface area (Å²) in [6.07, 6.45) is 1.37. The summed E-state index contributed by atoms with van der Waals surface area (Å²) in [6, 6.07) is 0. The molecule has 0 aromatic rings. The zero-order valence-corrected chi connectivity index (χ0v) is 8.49. The summed E-state index contributed by atoms with van der Waals surface area (Å²) in [4.78, 5) is 0. The molecule has 0 spiro atoms. The van der Waals surface area contributed by atoms with Gasteiger partial charge in [-0.3, -0.25) is 0 Å². The molecule has 3 heteroatoms. The Morgan fingerprint density at radius 2 is 2.15 bits per heavy atom. The number of aliphatic hydroxyl groups is 1. The number of ether oxygens (including phenoxy) is 2. The lowest BCUT2D eigenvalue weighted by atomic mass is 10.1. The molecule has 0 radical (unpaired) electrons. The fourth-order valence-electron chi connectivity index (χ4n) is 1.53. The van der Waals surface area contributed by atoms with E-state index in [4.69, 9.17) is 9.47 Å². The van der Waals surface area contributed by atoms with Crippen molar-refractivity contribution in [2.24, 2.45) is 0 Å². The van der Waals surface area contributed by atoms with Crippen LogP contribution in [0.15, 0.2) is 12.7 Å². The van der Waals surface area contributed by atoms with Crippen molar-refractivity contribution >= 4 is 0 Å². The van der Waals surface area contributed by atoms with Crippen molar-refractivity contribution in [2.45, 2.75) is 51.3 Å². The third-order valence-electron chi connectivity index (χ3n) is 2.19. The maximum atomic E-state index is 9.64. The van der Waals surface area contributed by atoms with Gasteiger partial charge in [0.25, 0.3) is 0 Å². The molecule has 0 saturated carbocycles. The smallest absolute Gasteiger partial charge is 0.164 e. The quantitative estimate of drug-likeness (QED) is 0.678. The number of hydrogen-bond donors (Lipinski definition) is 1. The number of hydrogen-bond acceptors (Lipinski definition) is 3. The zero-order valence-electron chi connectivity index (χ0n) is 8.49. The van der Waals surface area contributed by atoms with Crippen molar-refractivity contribution in [1.29, 1.82) is 0 Å². The van der Waals surface area contributed by atoms with Crippen LogP contribution in [0.5, 0.6) is 0 Å². The van der Waals surface area contributed by atoms with Crippen molar-refractivity contribution < 1.29 is 14.6 Å². The first-order chi connectivity index (χ1) is 6.00. The average Bonchev–Trinajstić information content (AvgIpc) is 2.39. The van der Waals surface area contributed by atoms with Crippen LogP contribution in [0, 0.1) is 0 Å². The van der Waals surface area contributed by atoms with Gasteiger partial charge in [0.2, 0.25) is 0 Å². The van der Waals surface area contributed by atoms with Crippen LogP contribution in [-0.4, -0.2) is 29.2 Å². The molecule has 76 valence electrons. The van der Waals surface area contributed by atoms with Crippen LogP contribution >= 0.6 is 0 Å². The minimum absolute atomic E-state index is 0.204. The molecular weight excluding hydrogens is 168 g/mol. The van der Waals surface area contributed by atoms with E-state index in [1.54, 1.807) is 6.08 Å². The van der Waals surface area contributed by atoms with Crippen LogP contribution in [0.2, 0.25) is 0 Å². The second kappa shape index (κ2) is 3.78. The van der Waals surface area contributed by atoms with Crippen LogP contribution in [0.1, 0.15) is 27.2 Å². The van der Waals surface area contributed by atoms with Crippen LogP contribution < -0.4 is 0 Å². The highest BCUT2D eigenvalue weighted by molar-refractivity contribution is 4.95. The Morgan fingerprint density at radius 3 is 2.62 bits per heavy atom. The molecule has 3 unspecified atom stereocenters. The molecule has 0 aromatic carbocycles. The minimum Gasteiger partial charge on any atom is -0.390 e. The number of aliphatic hydroxyl groups excluding tert-OH is 1. The molecule has 13 heavy (non-hydrogen) atoms. The van der Waals surface area contributed by atoms with E-state index in [1.807, 2.05) is 20.8 Å². The summed E-state index contributed by atoms with van der Waals surface area (Å²) >= 11 is 0. The van der Waals surface area contributed by atoms with E-state index in [-0.39, 0.29) is 12.2 Å². The molecule has 1 rings (SSSR count). The van der Waals surface area contributed by atoms with Crippen molar-refractivity contribution in [1.82, 2.24) is 0 Å². The van der Waals surface area contributed by atoms with E-state index in [2.05, 4.69) is 6.58 Å². The molecule has 0 aliphatic carbocycles. The molecule has 0 amide bonds. The van der Waals surface area contributed by atoms with Crippen molar-refractivity contribution in [2.75, 3.05) is 0 Å². The summed E-state index contributed by atoms with van der Waals surface area (Å²) in [6.45, 7) is 9.25. The molecule has 1 heterocycles. The molecule has 1 fully saturated rings. The summed E-state index contributed by atoms with van der Waals surface area (Å²) in [5.74, 6) is -0.611. The predicted octanol–water partition coefficient (Wildman–Crippen LogP) is 1.46. The molecule has 1 saturated heterocycles. The Kier molecular flexibility index (Phi) is 3.11. The van der Waals surface area contributed by atoms with Crippen LogP contribution in [0.25, 0.3) is 0 Å². The van der Waals surface area contributed by atoms with Gasteiger partial charge in [0, 0.05) is 0 Å². The van der Waals surface area contributed by atoms with E-state index < -0.39 is 11.9 Å². The van der Waals surface area contributed by atoms with Gasteiger partial charge < -0.3 is 14.6 Å². The van der Waals surface area contributed by atoms with Crippen molar-refractivity contribution in [3.8, 4) is 0 Å². The first-order valence-corrected chi connectivity index (χ1v) is 4.66. The summed E-state index contributed by atoms with van der Waals surface area (Å²) in [7, 11) is 0. The lowest BCUT2D eigenvalue weighted by Gasteiger charge is -2.19. The Labute approximate surface area is 79.3 Å². The SMILES string of the molecule is C=CC1OC(C)(C)OC1C(O)CC. The second-order valence-corrected chi connectivity index (χ2v) is 3.78. The molecule has 1 aliphatic rings. The highest BCUT2D eigenvalue weighted by Crippen LogP contribution is 2.31. The maximum Gasteiger partial charge on any atom is 0.164 e. The number of rotatable bonds is 3. The van der Waals surface area contributed by atoms with Crippen LogP contribution in [0.4, 0.5) is 0 Å². The normalized spacial score (nSPS) is 34.5. The molecule has 0 aromatic heterocycles. The fraction of sp³-hybridized carbons (Fsp3) is 0.800. The van der Waals surface area contributed by atoms with E-state index in [0.717, 1.165) is 0 Å². The minimum atomic E-state index is -0.611. The Morgan fingerprint density at radius 1 is 1.54 bits per heavy atom. The maximum absolute atomic E-state index is 9.64. The lowest BCUT2D eigenvalue weighted by molar-refractivity contribution is -0.153. The van der Waals surface area contributed by atoms with Gasteiger partial charge in [-0.15, -0.1) is 6.58 Å². The third kappa shape index (κ3) is 2.30. The second-order valence-electron chi connectivity index (χ2n) is 3.78. The fourth-order valence-corrected chi connectivity index (χ4v) is 1.53. The van der Waals surface area contributed by atoms with Gasteiger partial charge in [0.05, 0.1) is 6.10 Å². The molecule has 1 aliphatic heterocycles. The summed E-state index contributed by atoms with van der Waals surface area (Å²) in [5, 5.41) is 9.64. The van der Waals surface area contributed by atoms with Gasteiger partial charge in [-0.05, 0) is 20.3 Å². The molecule has 3 atom stereocenters. The van der Waals surface area contributed by atoms with Gasteiger partial charge in [0.15, 0.2) is 5.79 Å². The van der Waals surface area contributed by atoms with Crippen molar-refractivity contribution in [3.63, 3.8) is 0 Å². The highest BCUT2D eigenvalue weighted by Gasteiger charge is 2.42. The van der Waals surface area contributed by atoms with E-state index in [9.17, 15) is 5.11 Å². The summed E-state index contributed by atoms with van der Waals surface area (Å²) < 4.78 is 11.1. The van der Waals surface area contributed by atoms with E-state index in [1.165, 1.54) is 0 Å². The van der Waals surface area contributed by atoms with Gasteiger partial charge in [0.1, 0.15) is 12.2 Å². The van der Waals surface area contributed by atoms with Gasteiger partial charge >= 0.3 is 0 Å². The average molecular weight is 186 g/mol. The largest absolute Gasteiger partial charge is 0.390 e. The highest BCUT2D eigenvalue weighted by atomic mass is 16.8. The molecule has 1 N–H and O–H groups in total. The van der Waals surface area contributed by atoms with Crippen molar-refractivity contribution in [3.05, 3.63) is 12.7 Å². The standard InChI is InChI=1S/C10H18O3/c1-5-7(11)9-8(6-2)12-10(3,4)13-9/h6-9,11H,2,5H2,1,3-4H3. The molecule has 0 bridgehead atoms. The molecule has 3 nitrogen and oxygen atoms in total. The predicted molar refractivity (Wildman–Crippen MR) is 50.3 cm³/mol. The molecular formula is C10H18O3. The van der Waals surface area contributed by atoms with E-state index in [0.29, 0.717) is 6.42 Å². The first-order valence-electron chi connectivity index (χ1n) is 4.66. The Balaban J connectivity index is 2.68. The Bertz CT molecular complexity index is 189. The van der Waals surface area contributed by atoms with Crippen LogP contribution in [0.3, 0.4) is 0 Å². The van der Waals surface area contributed by atoms with Crippen LogP contribution in [-0.2, 0) is 9.47 Å². The third-order valence-corrected chi connectivity index (χ3v) is 2.19. The monoisotopic (exact) mass is 186 g/mol. The Hall–Kier alpha value is -0.380. The van der Waals surface area contributed by atoms with Gasteiger partial charge in [-0.1, -0.05) is 13.0 Å². The lowest BCUT2D eigenvalue weighted by Crippen LogP contribution is -2.33.